The number of rotatable bonds is 7. The van der Waals surface area contributed by atoms with E-state index in [1.54, 1.807) is 18.2 Å². The fourth-order valence-electron chi connectivity index (χ4n) is 2.68. The number of carbonyl (C=O) groups excluding carboxylic acids is 2. The Bertz CT molecular complexity index is 1010. The molecule has 2 aromatic rings. The van der Waals surface area contributed by atoms with Crippen LogP contribution in [0.5, 0.6) is 11.5 Å². The zero-order chi connectivity index (χ0) is 21.7. The fourth-order valence-corrected chi connectivity index (χ4v) is 4.26. The van der Waals surface area contributed by atoms with E-state index in [-0.39, 0.29) is 23.3 Å². The van der Waals surface area contributed by atoms with Gasteiger partial charge in [-0.3, -0.25) is 9.69 Å². The van der Waals surface area contributed by atoms with Crippen LogP contribution < -0.4 is 14.4 Å². The minimum Gasteiger partial charge on any atom is -0.490 e. The molecule has 1 amide bonds. The van der Waals surface area contributed by atoms with Crippen molar-refractivity contribution in [2.24, 2.45) is 0 Å². The molecule has 0 N–H and O–H groups in total. The first-order valence-electron chi connectivity index (χ1n) is 8.93. The van der Waals surface area contributed by atoms with Crippen molar-refractivity contribution in [1.82, 2.24) is 0 Å². The summed E-state index contributed by atoms with van der Waals surface area (Å²) in [5.74, 6) is -0.157. The number of halogens is 1. The van der Waals surface area contributed by atoms with E-state index in [1.807, 2.05) is 37.3 Å². The number of carbonyl (C=O) groups is 2. The van der Waals surface area contributed by atoms with Crippen LogP contribution in [0.1, 0.15) is 12.5 Å². The minimum atomic E-state index is -0.540. The number of ether oxygens (including phenoxy) is 3. The number of benzene rings is 2. The minimum absolute atomic E-state index is 0.212. The Hall–Kier alpha value is -2.55. The summed E-state index contributed by atoms with van der Waals surface area (Å²) < 4.78 is 16.1. The Morgan fingerprint density at radius 3 is 2.63 bits per heavy atom. The highest BCUT2D eigenvalue weighted by Crippen LogP contribution is 2.40. The number of thiocarbonyl (C=S) groups is 1. The number of amides is 1. The van der Waals surface area contributed by atoms with Crippen LogP contribution in [-0.2, 0) is 14.3 Å². The van der Waals surface area contributed by atoms with E-state index >= 15 is 0 Å². The van der Waals surface area contributed by atoms with Crippen LogP contribution in [0.4, 0.5) is 5.69 Å². The third-order valence-corrected chi connectivity index (χ3v) is 5.58. The average molecular weight is 464 g/mol. The molecular formula is C21H18ClNO5S2. The van der Waals surface area contributed by atoms with Crippen molar-refractivity contribution < 1.29 is 23.8 Å². The Morgan fingerprint density at radius 1 is 1.23 bits per heavy atom. The first kappa shape index (κ1) is 22.1. The van der Waals surface area contributed by atoms with Crippen LogP contribution in [0.15, 0.2) is 47.4 Å². The number of nitrogens with zero attached hydrogens (tertiary/aromatic N) is 1. The quantitative estimate of drug-likeness (QED) is 0.335. The Kier molecular flexibility index (Phi) is 7.36. The number of para-hydroxylation sites is 1. The summed E-state index contributed by atoms with van der Waals surface area (Å²) in [7, 11) is 1.27. The van der Waals surface area contributed by atoms with Gasteiger partial charge in [0.25, 0.3) is 5.91 Å². The highest BCUT2D eigenvalue weighted by molar-refractivity contribution is 8.27. The van der Waals surface area contributed by atoms with E-state index in [2.05, 4.69) is 4.74 Å². The molecule has 156 valence electrons. The van der Waals surface area contributed by atoms with Gasteiger partial charge in [0.2, 0.25) is 0 Å². The number of methoxy groups -OCH3 is 1. The van der Waals surface area contributed by atoms with Crippen LogP contribution in [-0.4, -0.2) is 36.5 Å². The molecule has 1 aliphatic heterocycles. The topological polar surface area (TPSA) is 65.1 Å². The van der Waals surface area contributed by atoms with E-state index in [4.69, 9.17) is 33.3 Å². The van der Waals surface area contributed by atoms with E-state index < -0.39 is 5.97 Å². The Morgan fingerprint density at radius 2 is 1.97 bits per heavy atom. The van der Waals surface area contributed by atoms with Crippen molar-refractivity contribution in [3.05, 3.63) is 58.0 Å². The van der Waals surface area contributed by atoms with Gasteiger partial charge in [0, 0.05) is 0 Å². The maximum atomic E-state index is 12.9. The molecule has 1 fully saturated rings. The summed E-state index contributed by atoms with van der Waals surface area (Å²) in [4.78, 5) is 26.2. The Balaban J connectivity index is 1.90. The molecule has 30 heavy (non-hydrogen) atoms. The lowest BCUT2D eigenvalue weighted by Crippen LogP contribution is -2.27. The summed E-state index contributed by atoms with van der Waals surface area (Å²) in [5.41, 5.74) is 1.35. The molecule has 0 bridgehead atoms. The van der Waals surface area contributed by atoms with Gasteiger partial charge >= 0.3 is 5.97 Å². The molecule has 9 heteroatoms. The second kappa shape index (κ2) is 9.97. The summed E-state index contributed by atoms with van der Waals surface area (Å²) in [6.45, 7) is 1.88. The third kappa shape index (κ3) is 4.95. The van der Waals surface area contributed by atoms with Crippen molar-refractivity contribution in [1.29, 1.82) is 0 Å². The normalized spacial score (nSPS) is 14.9. The molecular weight excluding hydrogens is 446 g/mol. The predicted molar refractivity (Wildman–Crippen MR) is 122 cm³/mol. The number of thioether (sulfide) groups is 1. The summed E-state index contributed by atoms with van der Waals surface area (Å²) in [5, 5.41) is 0.245. The van der Waals surface area contributed by atoms with Crippen molar-refractivity contribution in [3.63, 3.8) is 0 Å². The van der Waals surface area contributed by atoms with E-state index in [1.165, 1.54) is 23.8 Å². The van der Waals surface area contributed by atoms with Crippen LogP contribution in [0.3, 0.4) is 0 Å². The molecule has 0 unspecified atom stereocenters. The van der Waals surface area contributed by atoms with Gasteiger partial charge in [0.05, 0.1) is 29.3 Å². The molecule has 3 rings (SSSR count). The molecule has 0 saturated carbocycles. The molecule has 1 heterocycles. The molecule has 0 atom stereocenters. The lowest BCUT2D eigenvalue weighted by atomic mass is 10.1. The molecule has 6 nitrogen and oxygen atoms in total. The molecule has 1 aliphatic rings. The zero-order valence-electron chi connectivity index (χ0n) is 16.2. The molecule has 2 aromatic carbocycles. The lowest BCUT2D eigenvalue weighted by Gasteiger charge is -2.14. The highest BCUT2D eigenvalue weighted by atomic mass is 35.5. The van der Waals surface area contributed by atoms with Gasteiger partial charge in [0.15, 0.2) is 22.4 Å². The van der Waals surface area contributed by atoms with Gasteiger partial charge in [-0.2, -0.15) is 0 Å². The summed E-state index contributed by atoms with van der Waals surface area (Å²) in [6, 6.07) is 12.5. The van der Waals surface area contributed by atoms with Crippen molar-refractivity contribution in [2.45, 2.75) is 6.92 Å². The van der Waals surface area contributed by atoms with E-state index in [9.17, 15) is 9.59 Å². The van der Waals surface area contributed by atoms with Crippen LogP contribution >= 0.6 is 35.6 Å². The number of hydrogen-bond acceptors (Lipinski definition) is 7. The van der Waals surface area contributed by atoms with E-state index in [0.29, 0.717) is 32.8 Å². The average Bonchev–Trinajstić information content (AvgIpc) is 3.01. The number of hydrogen-bond donors (Lipinski definition) is 0. The maximum Gasteiger partial charge on any atom is 0.343 e. The lowest BCUT2D eigenvalue weighted by molar-refractivity contribution is -0.142. The zero-order valence-corrected chi connectivity index (χ0v) is 18.6. The Labute approximate surface area is 188 Å². The number of anilines is 1. The van der Waals surface area contributed by atoms with Gasteiger partial charge in [-0.1, -0.05) is 53.8 Å². The van der Waals surface area contributed by atoms with Crippen LogP contribution in [0, 0.1) is 0 Å². The highest BCUT2D eigenvalue weighted by Gasteiger charge is 2.33. The smallest absolute Gasteiger partial charge is 0.343 e. The monoisotopic (exact) mass is 463 g/mol. The SMILES string of the molecule is CCOc1cc(/C=C2/SC(=S)N(c3ccccc3)C2=O)cc(Cl)c1OCC(=O)OC. The molecule has 1 saturated heterocycles. The fraction of sp³-hybridized carbons (Fsp3) is 0.190. The second-order valence-electron chi connectivity index (χ2n) is 5.98. The first-order valence-corrected chi connectivity index (χ1v) is 10.5. The van der Waals surface area contributed by atoms with Gasteiger partial charge in [0.1, 0.15) is 0 Å². The van der Waals surface area contributed by atoms with Crippen LogP contribution in [0.2, 0.25) is 5.02 Å². The molecule has 0 spiro atoms. The third-order valence-electron chi connectivity index (χ3n) is 4.00. The van der Waals surface area contributed by atoms with Crippen molar-refractivity contribution >= 4 is 63.5 Å². The molecule has 0 radical (unpaired) electrons. The van der Waals surface area contributed by atoms with Crippen LogP contribution in [0.25, 0.3) is 6.08 Å². The summed E-state index contributed by atoms with van der Waals surface area (Å²) >= 11 is 13.0. The van der Waals surface area contributed by atoms with Gasteiger partial charge in [-0.05, 0) is 42.8 Å². The van der Waals surface area contributed by atoms with Gasteiger partial charge in [-0.15, -0.1) is 0 Å². The predicted octanol–water partition coefficient (Wildman–Crippen LogP) is 4.70. The van der Waals surface area contributed by atoms with E-state index in [0.717, 1.165) is 0 Å². The first-order chi connectivity index (χ1) is 14.4. The summed E-state index contributed by atoms with van der Waals surface area (Å²) in [6.07, 6.45) is 1.70. The number of esters is 1. The standard InChI is InChI=1S/C21H18ClNO5S2/c1-3-27-16-10-13(9-15(22)19(16)28-12-18(24)26-2)11-17-20(25)23(21(29)30-17)14-7-5-4-6-8-14/h4-11H,3,12H2,1-2H3/b17-11+. The molecule has 0 aromatic heterocycles. The molecule has 0 aliphatic carbocycles. The van der Waals surface area contributed by atoms with Crippen molar-refractivity contribution in [2.75, 3.05) is 25.2 Å². The largest absolute Gasteiger partial charge is 0.490 e. The van der Waals surface area contributed by atoms with Gasteiger partial charge in [-0.25, -0.2) is 4.79 Å². The van der Waals surface area contributed by atoms with Crippen molar-refractivity contribution in [3.8, 4) is 11.5 Å². The van der Waals surface area contributed by atoms with Gasteiger partial charge < -0.3 is 14.2 Å². The second-order valence-corrected chi connectivity index (χ2v) is 8.06. The maximum absolute atomic E-state index is 12.9.